The third-order valence-corrected chi connectivity index (χ3v) is 3.68. The number of aryl methyl sites for hydroxylation is 1. The van der Waals surface area contributed by atoms with Gasteiger partial charge in [0.1, 0.15) is 5.76 Å². The molecule has 1 aliphatic rings. The molecule has 1 unspecified atom stereocenters. The summed E-state index contributed by atoms with van der Waals surface area (Å²) in [4.78, 5) is 15.5. The zero-order chi connectivity index (χ0) is 14.0. The van der Waals surface area contributed by atoms with Crippen LogP contribution in [0.2, 0.25) is 0 Å². The Morgan fingerprint density at radius 3 is 2.89 bits per heavy atom. The Morgan fingerprint density at radius 2 is 2.32 bits per heavy atom. The molecule has 1 N–H and O–H groups in total. The summed E-state index contributed by atoms with van der Waals surface area (Å²) in [5.41, 5.74) is 0.989. The molecule has 2 rings (SSSR count). The van der Waals surface area contributed by atoms with Gasteiger partial charge >= 0.3 is 5.97 Å². The van der Waals surface area contributed by atoms with Crippen LogP contribution in [0.1, 0.15) is 34.7 Å². The van der Waals surface area contributed by atoms with Crippen molar-refractivity contribution in [1.82, 2.24) is 9.80 Å². The summed E-state index contributed by atoms with van der Waals surface area (Å²) in [5.74, 6) is -0.246. The number of aromatic carboxylic acids is 1. The van der Waals surface area contributed by atoms with Crippen molar-refractivity contribution in [3.05, 3.63) is 23.2 Å². The summed E-state index contributed by atoms with van der Waals surface area (Å²) in [5, 5.41) is 8.94. The molecule has 1 aromatic rings. The fourth-order valence-corrected chi connectivity index (χ4v) is 2.73. The maximum absolute atomic E-state index is 10.9. The lowest BCUT2D eigenvalue weighted by atomic mass is 10.2. The highest BCUT2D eigenvalue weighted by Gasteiger charge is 2.26. The molecule has 1 fully saturated rings. The van der Waals surface area contributed by atoms with Crippen LogP contribution in [-0.2, 0) is 6.54 Å². The van der Waals surface area contributed by atoms with E-state index in [-0.39, 0.29) is 5.76 Å². The fourth-order valence-electron chi connectivity index (χ4n) is 2.73. The molecule has 0 amide bonds. The van der Waals surface area contributed by atoms with Crippen LogP contribution in [-0.4, -0.2) is 54.1 Å². The smallest absolute Gasteiger partial charge is 0.371 e. The Balaban J connectivity index is 2.05. The molecule has 1 saturated heterocycles. The summed E-state index contributed by atoms with van der Waals surface area (Å²) in [6.45, 7) is 4.73. The quantitative estimate of drug-likeness (QED) is 0.881. The SMILES string of the molecule is Cc1oc(C(=O)O)cc1CN1CCCC1CN(C)C. The van der Waals surface area contributed by atoms with Crippen LogP contribution in [0.25, 0.3) is 0 Å². The lowest BCUT2D eigenvalue weighted by Gasteiger charge is -2.26. The van der Waals surface area contributed by atoms with Gasteiger partial charge in [-0.3, -0.25) is 4.90 Å². The summed E-state index contributed by atoms with van der Waals surface area (Å²) in [6.07, 6.45) is 2.42. The monoisotopic (exact) mass is 266 g/mol. The van der Waals surface area contributed by atoms with Gasteiger partial charge in [0.25, 0.3) is 0 Å². The molecule has 2 heterocycles. The van der Waals surface area contributed by atoms with Gasteiger partial charge in [-0.15, -0.1) is 0 Å². The largest absolute Gasteiger partial charge is 0.475 e. The average molecular weight is 266 g/mol. The molecule has 1 aliphatic heterocycles. The minimum Gasteiger partial charge on any atom is -0.475 e. The first kappa shape index (κ1) is 14.1. The number of hydrogen-bond donors (Lipinski definition) is 1. The Hall–Kier alpha value is -1.33. The number of carboxylic acids is 1. The van der Waals surface area contributed by atoms with E-state index < -0.39 is 5.97 Å². The summed E-state index contributed by atoms with van der Waals surface area (Å²) in [7, 11) is 4.17. The maximum atomic E-state index is 10.9. The van der Waals surface area contributed by atoms with Crippen LogP contribution in [0.5, 0.6) is 0 Å². The predicted molar refractivity (Wildman–Crippen MR) is 72.4 cm³/mol. The standard InChI is InChI=1S/C14H22N2O3/c1-10-11(7-13(19-10)14(17)18)8-16-6-4-5-12(16)9-15(2)3/h7,12H,4-6,8-9H2,1-3H3,(H,17,18). The Kier molecular flexibility index (Phi) is 4.27. The minimum absolute atomic E-state index is 0.0378. The Bertz CT molecular complexity index is 454. The van der Waals surface area contributed by atoms with Crippen LogP contribution in [0, 0.1) is 6.92 Å². The topological polar surface area (TPSA) is 56.9 Å². The van der Waals surface area contributed by atoms with Crippen molar-refractivity contribution in [2.24, 2.45) is 0 Å². The maximum Gasteiger partial charge on any atom is 0.371 e. The lowest BCUT2D eigenvalue weighted by Crippen LogP contribution is -2.37. The van der Waals surface area contributed by atoms with Crippen molar-refractivity contribution in [3.63, 3.8) is 0 Å². The van der Waals surface area contributed by atoms with E-state index in [0.29, 0.717) is 11.8 Å². The van der Waals surface area contributed by atoms with Gasteiger partial charge in [0.15, 0.2) is 0 Å². The van der Waals surface area contributed by atoms with Crippen molar-refractivity contribution < 1.29 is 14.3 Å². The lowest BCUT2D eigenvalue weighted by molar-refractivity contribution is 0.0661. The molecular formula is C14H22N2O3. The second-order valence-electron chi connectivity index (χ2n) is 5.53. The van der Waals surface area contributed by atoms with Gasteiger partial charge in [-0.2, -0.15) is 0 Å². The fraction of sp³-hybridized carbons (Fsp3) is 0.643. The van der Waals surface area contributed by atoms with Gasteiger partial charge in [0.2, 0.25) is 5.76 Å². The minimum atomic E-state index is -0.999. The highest BCUT2D eigenvalue weighted by molar-refractivity contribution is 5.84. The van der Waals surface area contributed by atoms with Gasteiger partial charge in [0.05, 0.1) is 0 Å². The van der Waals surface area contributed by atoms with E-state index in [2.05, 4.69) is 23.9 Å². The van der Waals surface area contributed by atoms with Crippen molar-refractivity contribution >= 4 is 5.97 Å². The van der Waals surface area contributed by atoms with Crippen molar-refractivity contribution in [1.29, 1.82) is 0 Å². The normalized spacial score (nSPS) is 20.3. The van der Waals surface area contributed by atoms with Gasteiger partial charge in [-0.05, 0) is 46.5 Å². The number of likely N-dealkylation sites (N-methyl/N-ethyl adjacent to an activating group) is 1. The van der Waals surface area contributed by atoms with E-state index in [1.807, 2.05) is 6.92 Å². The molecule has 0 aromatic carbocycles. The Morgan fingerprint density at radius 1 is 1.58 bits per heavy atom. The van der Waals surface area contributed by atoms with Gasteiger partial charge in [-0.25, -0.2) is 4.79 Å². The van der Waals surface area contributed by atoms with Crippen LogP contribution < -0.4 is 0 Å². The molecule has 106 valence electrons. The zero-order valence-corrected chi connectivity index (χ0v) is 11.8. The highest BCUT2D eigenvalue weighted by atomic mass is 16.4. The molecule has 5 heteroatoms. The first-order valence-corrected chi connectivity index (χ1v) is 6.68. The molecule has 0 bridgehead atoms. The number of hydrogen-bond acceptors (Lipinski definition) is 4. The highest BCUT2D eigenvalue weighted by Crippen LogP contribution is 2.23. The molecule has 19 heavy (non-hydrogen) atoms. The van der Waals surface area contributed by atoms with E-state index in [9.17, 15) is 4.79 Å². The second-order valence-corrected chi connectivity index (χ2v) is 5.53. The Labute approximate surface area is 113 Å². The van der Waals surface area contributed by atoms with Crippen LogP contribution >= 0.6 is 0 Å². The predicted octanol–water partition coefficient (Wildman–Crippen LogP) is 1.81. The van der Waals surface area contributed by atoms with E-state index in [1.54, 1.807) is 6.07 Å². The number of nitrogens with zero attached hydrogens (tertiary/aromatic N) is 2. The number of rotatable bonds is 5. The molecule has 0 spiro atoms. The molecule has 1 atom stereocenters. The number of carbonyl (C=O) groups is 1. The van der Waals surface area contributed by atoms with Gasteiger partial charge in [0, 0.05) is 24.7 Å². The first-order chi connectivity index (χ1) is 8.97. The number of carboxylic acid groups (broad SMARTS) is 1. The zero-order valence-electron chi connectivity index (χ0n) is 11.8. The third-order valence-electron chi connectivity index (χ3n) is 3.68. The van der Waals surface area contributed by atoms with E-state index in [1.165, 1.54) is 12.8 Å². The average Bonchev–Trinajstić information content (AvgIpc) is 2.87. The number of likely N-dealkylation sites (tertiary alicyclic amines) is 1. The van der Waals surface area contributed by atoms with Crippen LogP contribution in [0.15, 0.2) is 10.5 Å². The summed E-state index contributed by atoms with van der Waals surface area (Å²) >= 11 is 0. The van der Waals surface area contributed by atoms with Crippen molar-refractivity contribution in [2.45, 2.75) is 32.4 Å². The molecule has 1 aromatic heterocycles. The van der Waals surface area contributed by atoms with Crippen LogP contribution in [0.3, 0.4) is 0 Å². The molecule has 0 radical (unpaired) electrons. The van der Waals surface area contributed by atoms with Crippen molar-refractivity contribution in [2.75, 3.05) is 27.2 Å². The van der Waals surface area contributed by atoms with E-state index in [4.69, 9.17) is 9.52 Å². The van der Waals surface area contributed by atoms with E-state index in [0.717, 1.165) is 25.2 Å². The van der Waals surface area contributed by atoms with Crippen LogP contribution in [0.4, 0.5) is 0 Å². The van der Waals surface area contributed by atoms with Crippen molar-refractivity contribution in [3.8, 4) is 0 Å². The first-order valence-electron chi connectivity index (χ1n) is 6.68. The molecule has 0 saturated carbocycles. The second kappa shape index (κ2) is 5.75. The third kappa shape index (κ3) is 3.36. The van der Waals surface area contributed by atoms with Gasteiger partial charge in [-0.1, -0.05) is 0 Å². The molecule has 5 nitrogen and oxygen atoms in total. The van der Waals surface area contributed by atoms with E-state index >= 15 is 0 Å². The van der Waals surface area contributed by atoms with Gasteiger partial charge < -0.3 is 14.4 Å². The molecule has 0 aliphatic carbocycles. The summed E-state index contributed by atoms with van der Waals surface area (Å²) in [6, 6.07) is 2.21. The number of furan rings is 1. The summed E-state index contributed by atoms with van der Waals surface area (Å²) < 4.78 is 5.27. The molecular weight excluding hydrogens is 244 g/mol.